The van der Waals surface area contributed by atoms with Crippen LogP contribution in [0.2, 0.25) is 0 Å². The topological polar surface area (TPSA) is 56.9 Å². The average molecular weight is 378 g/mol. The maximum absolute atomic E-state index is 13.1. The third kappa shape index (κ3) is 3.96. The van der Waals surface area contributed by atoms with Gasteiger partial charge in [-0.3, -0.25) is 9.69 Å². The third-order valence-corrected chi connectivity index (χ3v) is 5.63. The van der Waals surface area contributed by atoms with Gasteiger partial charge in [-0.15, -0.1) is 0 Å². The molecule has 5 nitrogen and oxygen atoms in total. The van der Waals surface area contributed by atoms with Crippen LogP contribution in [-0.2, 0) is 11.2 Å². The second-order valence-electron chi connectivity index (χ2n) is 7.56. The normalized spacial score (nSPS) is 18.4. The molecular weight excluding hydrogens is 352 g/mol. The molecule has 28 heavy (non-hydrogen) atoms. The Bertz CT molecular complexity index is 937. The van der Waals surface area contributed by atoms with Gasteiger partial charge in [0, 0.05) is 37.5 Å². The zero-order valence-corrected chi connectivity index (χ0v) is 16.1. The van der Waals surface area contributed by atoms with Crippen molar-refractivity contribution in [3.63, 3.8) is 0 Å². The van der Waals surface area contributed by atoms with E-state index in [9.17, 15) is 9.90 Å². The number of fused-ring (bicyclic) bond motifs is 1. The lowest BCUT2D eigenvalue weighted by atomic mass is 10.0. The number of hydrogen-bond acceptors (Lipinski definition) is 4. The van der Waals surface area contributed by atoms with Gasteiger partial charge in [-0.2, -0.15) is 0 Å². The van der Waals surface area contributed by atoms with Crippen molar-refractivity contribution >= 4 is 16.7 Å². The van der Waals surface area contributed by atoms with Crippen molar-refractivity contribution in [1.29, 1.82) is 0 Å². The molecule has 0 spiro atoms. The van der Waals surface area contributed by atoms with Crippen molar-refractivity contribution in [3.8, 4) is 0 Å². The molecule has 1 amide bonds. The van der Waals surface area contributed by atoms with Gasteiger partial charge in [0.05, 0.1) is 24.8 Å². The number of likely N-dealkylation sites (tertiary alicyclic amines) is 1. The zero-order valence-electron chi connectivity index (χ0n) is 16.1. The lowest BCUT2D eigenvalue weighted by Crippen LogP contribution is -2.39. The Balaban J connectivity index is 1.54. The lowest BCUT2D eigenvalue weighted by molar-refractivity contribution is -0.132. The van der Waals surface area contributed by atoms with E-state index in [0.717, 1.165) is 29.3 Å². The summed E-state index contributed by atoms with van der Waals surface area (Å²) in [6, 6.07) is 17.9. The van der Waals surface area contributed by atoms with Crippen LogP contribution in [0.3, 0.4) is 0 Å². The van der Waals surface area contributed by atoms with E-state index in [4.69, 9.17) is 4.42 Å². The summed E-state index contributed by atoms with van der Waals surface area (Å²) in [5.41, 5.74) is 1.10. The lowest BCUT2D eigenvalue weighted by Gasteiger charge is -2.32. The number of furan rings is 1. The van der Waals surface area contributed by atoms with Gasteiger partial charge in [0.1, 0.15) is 5.76 Å². The summed E-state index contributed by atoms with van der Waals surface area (Å²) in [6.45, 7) is 2.23. The van der Waals surface area contributed by atoms with Crippen molar-refractivity contribution in [2.24, 2.45) is 0 Å². The highest BCUT2D eigenvalue weighted by Gasteiger charge is 2.28. The minimum atomic E-state index is -0.271. The van der Waals surface area contributed by atoms with Crippen LogP contribution < -0.4 is 0 Å². The van der Waals surface area contributed by atoms with Crippen LogP contribution in [0.5, 0.6) is 0 Å². The molecule has 1 aliphatic heterocycles. The van der Waals surface area contributed by atoms with Crippen LogP contribution in [0.4, 0.5) is 0 Å². The zero-order chi connectivity index (χ0) is 19.5. The molecule has 5 heteroatoms. The number of carbonyl (C=O) groups is 1. The first kappa shape index (κ1) is 18.7. The van der Waals surface area contributed by atoms with E-state index in [-0.39, 0.29) is 24.5 Å². The molecule has 1 aromatic heterocycles. The number of aliphatic hydroxyl groups is 1. The first-order chi connectivity index (χ1) is 13.6. The van der Waals surface area contributed by atoms with Gasteiger partial charge in [-0.1, -0.05) is 54.6 Å². The quantitative estimate of drug-likeness (QED) is 0.715. The number of rotatable bonds is 6. The van der Waals surface area contributed by atoms with Gasteiger partial charge in [0.25, 0.3) is 0 Å². The number of nitrogens with zero attached hydrogens (tertiary/aromatic N) is 2. The molecule has 1 aliphatic rings. The van der Waals surface area contributed by atoms with E-state index in [0.29, 0.717) is 18.8 Å². The molecule has 0 aliphatic carbocycles. The Labute approximate surface area is 165 Å². The van der Waals surface area contributed by atoms with E-state index < -0.39 is 0 Å². The minimum Gasteiger partial charge on any atom is -0.468 e. The molecule has 3 aromatic rings. The van der Waals surface area contributed by atoms with Gasteiger partial charge in [-0.05, 0) is 12.0 Å². The van der Waals surface area contributed by atoms with E-state index >= 15 is 0 Å². The Kier molecular flexibility index (Phi) is 5.46. The largest absolute Gasteiger partial charge is 0.468 e. The molecule has 0 saturated carbocycles. The molecule has 2 unspecified atom stereocenters. The maximum Gasteiger partial charge on any atom is 0.230 e. The van der Waals surface area contributed by atoms with Crippen LogP contribution in [0.1, 0.15) is 23.8 Å². The molecule has 1 saturated heterocycles. The Morgan fingerprint density at radius 2 is 1.96 bits per heavy atom. The van der Waals surface area contributed by atoms with Crippen LogP contribution in [0.25, 0.3) is 10.8 Å². The van der Waals surface area contributed by atoms with Gasteiger partial charge in [0.15, 0.2) is 0 Å². The first-order valence-electron chi connectivity index (χ1n) is 9.78. The number of hydrogen-bond donors (Lipinski definition) is 1. The monoisotopic (exact) mass is 378 g/mol. The summed E-state index contributed by atoms with van der Waals surface area (Å²) in [5, 5.41) is 11.9. The number of aliphatic hydroxyl groups excluding tert-OH is 1. The number of carbonyl (C=O) groups excluding carboxylic acids is 1. The molecule has 146 valence electrons. The molecule has 1 fully saturated rings. The van der Waals surface area contributed by atoms with Crippen molar-refractivity contribution in [1.82, 2.24) is 9.80 Å². The Morgan fingerprint density at radius 1 is 1.21 bits per heavy atom. The number of benzene rings is 2. The van der Waals surface area contributed by atoms with Crippen LogP contribution in [0.15, 0.2) is 65.3 Å². The summed E-state index contributed by atoms with van der Waals surface area (Å²) in [7, 11) is 1.86. The van der Waals surface area contributed by atoms with Gasteiger partial charge < -0.3 is 14.4 Å². The maximum atomic E-state index is 13.1. The summed E-state index contributed by atoms with van der Waals surface area (Å²) < 4.78 is 5.68. The third-order valence-electron chi connectivity index (χ3n) is 5.63. The molecule has 4 rings (SSSR count). The minimum absolute atomic E-state index is 0.0219. The van der Waals surface area contributed by atoms with Crippen LogP contribution >= 0.6 is 0 Å². The molecule has 0 bridgehead atoms. The van der Waals surface area contributed by atoms with E-state index in [1.807, 2.05) is 54.4 Å². The average Bonchev–Trinajstić information content (AvgIpc) is 3.32. The number of likely N-dealkylation sites (N-methyl/N-ethyl adjacent to an activating group) is 1. The summed E-state index contributed by atoms with van der Waals surface area (Å²) in [5.74, 6) is 0.726. The van der Waals surface area contributed by atoms with Crippen molar-refractivity contribution in [2.45, 2.75) is 25.0 Å². The summed E-state index contributed by atoms with van der Waals surface area (Å²) in [6.07, 6.45) is 2.46. The van der Waals surface area contributed by atoms with Gasteiger partial charge >= 0.3 is 0 Å². The second kappa shape index (κ2) is 8.17. The highest BCUT2D eigenvalue weighted by molar-refractivity contribution is 5.88. The highest BCUT2D eigenvalue weighted by Crippen LogP contribution is 2.26. The summed E-state index contributed by atoms with van der Waals surface area (Å²) >= 11 is 0. The van der Waals surface area contributed by atoms with Gasteiger partial charge in [-0.25, -0.2) is 0 Å². The SMILES string of the molecule is CN(C(=O)Cc1occ2ccccc12)C(CN1CCC(O)C1)c1ccccc1. The second-order valence-corrected chi connectivity index (χ2v) is 7.56. The number of β-amino-alcohol motifs (C(OH)–C–C–N with tert-alkyl or cyclic N) is 1. The molecule has 2 heterocycles. The van der Waals surface area contributed by atoms with Crippen LogP contribution in [0, 0.1) is 0 Å². The van der Waals surface area contributed by atoms with Gasteiger partial charge in [0.2, 0.25) is 5.91 Å². The molecule has 0 radical (unpaired) electrons. The summed E-state index contributed by atoms with van der Waals surface area (Å²) in [4.78, 5) is 17.2. The van der Waals surface area contributed by atoms with E-state index in [1.54, 1.807) is 6.26 Å². The molecular formula is C23H26N2O3. The van der Waals surface area contributed by atoms with Crippen LogP contribution in [-0.4, -0.2) is 53.6 Å². The first-order valence-corrected chi connectivity index (χ1v) is 9.78. The Morgan fingerprint density at radius 3 is 2.71 bits per heavy atom. The number of amides is 1. The van der Waals surface area contributed by atoms with Crippen molar-refractivity contribution in [2.75, 3.05) is 26.7 Å². The predicted octanol–water partition coefficient (Wildman–Crippen LogP) is 3.24. The predicted molar refractivity (Wildman–Crippen MR) is 109 cm³/mol. The van der Waals surface area contributed by atoms with Crippen molar-refractivity contribution < 1.29 is 14.3 Å². The Hall–Kier alpha value is -2.63. The molecule has 1 N–H and O–H groups in total. The molecule has 2 atom stereocenters. The fourth-order valence-corrected chi connectivity index (χ4v) is 3.97. The highest BCUT2D eigenvalue weighted by atomic mass is 16.3. The standard InChI is InChI=1S/C23H26N2O3/c1-24(23(27)13-22-20-10-6-5-9-18(20)16-28-22)21(17-7-3-2-4-8-17)15-25-12-11-19(26)14-25/h2-10,16,19,21,26H,11-15H2,1H3. The van der Waals surface area contributed by atoms with Crippen molar-refractivity contribution in [3.05, 3.63) is 72.2 Å². The smallest absolute Gasteiger partial charge is 0.230 e. The van der Waals surface area contributed by atoms with E-state index in [1.165, 1.54) is 0 Å². The fraction of sp³-hybridized carbons (Fsp3) is 0.348. The van der Waals surface area contributed by atoms with E-state index in [2.05, 4.69) is 17.0 Å². The molecule has 2 aromatic carbocycles. The fourth-order valence-electron chi connectivity index (χ4n) is 3.97.